The van der Waals surface area contributed by atoms with Gasteiger partial charge in [-0.15, -0.1) is 0 Å². The maximum Gasteiger partial charge on any atom is 0.336 e. The summed E-state index contributed by atoms with van der Waals surface area (Å²) in [5.74, 6) is 0.0316. The molecule has 126 valence electrons. The molecule has 2 aromatic carbocycles. The standard InChI is InChI=1S/C21H18O4/c22-19(11-14-5-1-2-6-14)24-13-16-12-20(23)25-18-10-9-15-7-3-4-8-17(15)21(16)18/h1,3-5,7-10,12,14H,2,6,11,13H2/t14-/m1/s1. The van der Waals surface area contributed by atoms with Crippen LogP contribution >= 0.6 is 0 Å². The molecule has 0 saturated heterocycles. The van der Waals surface area contributed by atoms with Gasteiger partial charge in [0.1, 0.15) is 12.2 Å². The van der Waals surface area contributed by atoms with Gasteiger partial charge in [-0.25, -0.2) is 4.79 Å². The molecule has 0 spiro atoms. The molecule has 4 heteroatoms. The van der Waals surface area contributed by atoms with E-state index in [9.17, 15) is 9.59 Å². The zero-order valence-electron chi connectivity index (χ0n) is 13.7. The van der Waals surface area contributed by atoms with E-state index >= 15 is 0 Å². The van der Waals surface area contributed by atoms with Gasteiger partial charge in [0.25, 0.3) is 0 Å². The minimum absolute atomic E-state index is 0.0748. The molecule has 1 atom stereocenters. The molecule has 1 aliphatic rings. The molecule has 0 saturated carbocycles. The first kappa shape index (κ1) is 15.6. The van der Waals surface area contributed by atoms with Crippen molar-refractivity contribution >= 4 is 27.7 Å². The third kappa shape index (κ3) is 3.20. The Balaban J connectivity index is 1.66. The lowest BCUT2D eigenvalue weighted by Gasteiger charge is -2.11. The van der Waals surface area contributed by atoms with E-state index in [-0.39, 0.29) is 18.5 Å². The van der Waals surface area contributed by atoms with Crippen molar-refractivity contribution in [3.63, 3.8) is 0 Å². The van der Waals surface area contributed by atoms with Crippen molar-refractivity contribution in [2.24, 2.45) is 5.92 Å². The van der Waals surface area contributed by atoms with Gasteiger partial charge >= 0.3 is 11.6 Å². The number of rotatable bonds is 4. The Hall–Kier alpha value is -2.88. The molecule has 1 aromatic heterocycles. The second kappa shape index (κ2) is 6.55. The molecule has 1 aliphatic carbocycles. The van der Waals surface area contributed by atoms with Crippen LogP contribution in [0.2, 0.25) is 0 Å². The van der Waals surface area contributed by atoms with Gasteiger partial charge in [0.15, 0.2) is 0 Å². The fourth-order valence-corrected chi connectivity index (χ4v) is 3.43. The molecule has 0 N–H and O–H groups in total. The summed E-state index contributed by atoms with van der Waals surface area (Å²) < 4.78 is 10.8. The zero-order chi connectivity index (χ0) is 17.2. The Kier molecular flexibility index (Phi) is 4.10. The topological polar surface area (TPSA) is 56.5 Å². The minimum Gasteiger partial charge on any atom is -0.461 e. The van der Waals surface area contributed by atoms with Crippen LogP contribution in [-0.2, 0) is 16.1 Å². The van der Waals surface area contributed by atoms with Crippen molar-refractivity contribution in [1.29, 1.82) is 0 Å². The van der Waals surface area contributed by atoms with Gasteiger partial charge in [-0.05, 0) is 35.6 Å². The van der Waals surface area contributed by atoms with Crippen LogP contribution in [0.15, 0.2) is 63.8 Å². The third-order valence-electron chi connectivity index (χ3n) is 4.64. The van der Waals surface area contributed by atoms with Gasteiger partial charge in [0, 0.05) is 17.0 Å². The number of hydrogen-bond acceptors (Lipinski definition) is 4. The number of esters is 1. The van der Waals surface area contributed by atoms with Crippen molar-refractivity contribution in [3.8, 4) is 0 Å². The molecule has 25 heavy (non-hydrogen) atoms. The normalized spacial score (nSPS) is 16.6. The summed E-state index contributed by atoms with van der Waals surface area (Å²) in [7, 11) is 0. The molecule has 0 radical (unpaired) electrons. The Morgan fingerprint density at radius 2 is 2.08 bits per heavy atom. The number of hydrogen-bond donors (Lipinski definition) is 0. The smallest absolute Gasteiger partial charge is 0.336 e. The van der Waals surface area contributed by atoms with Crippen LogP contribution in [0.5, 0.6) is 0 Å². The number of carbonyl (C=O) groups is 1. The van der Waals surface area contributed by atoms with E-state index in [0.29, 0.717) is 17.6 Å². The van der Waals surface area contributed by atoms with Crippen LogP contribution in [0.4, 0.5) is 0 Å². The first-order chi connectivity index (χ1) is 12.2. The Labute approximate surface area is 144 Å². The summed E-state index contributed by atoms with van der Waals surface area (Å²) in [5.41, 5.74) is 0.752. The van der Waals surface area contributed by atoms with Gasteiger partial charge in [-0.3, -0.25) is 4.79 Å². The number of allylic oxidation sites excluding steroid dienone is 2. The maximum absolute atomic E-state index is 12.1. The number of carbonyl (C=O) groups excluding carboxylic acids is 1. The summed E-state index contributed by atoms with van der Waals surface area (Å²) in [5, 5.41) is 2.85. The van der Waals surface area contributed by atoms with E-state index < -0.39 is 5.63 Å². The molecule has 4 rings (SSSR count). The van der Waals surface area contributed by atoms with Crippen LogP contribution in [0.1, 0.15) is 24.8 Å². The summed E-state index contributed by atoms with van der Waals surface area (Å²) in [6.07, 6.45) is 6.57. The molecule has 4 nitrogen and oxygen atoms in total. The predicted octanol–water partition coefficient (Wildman–Crippen LogP) is 4.35. The first-order valence-electron chi connectivity index (χ1n) is 8.47. The van der Waals surface area contributed by atoms with Crippen molar-refractivity contribution in [3.05, 3.63) is 70.6 Å². The van der Waals surface area contributed by atoms with E-state index in [1.54, 1.807) is 6.07 Å². The van der Waals surface area contributed by atoms with Crippen molar-refractivity contribution < 1.29 is 13.9 Å². The Bertz CT molecular complexity index is 1030. The highest BCUT2D eigenvalue weighted by Crippen LogP contribution is 2.28. The van der Waals surface area contributed by atoms with Gasteiger partial charge in [-0.1, -0.05) is 42.5 Å². The quantitative estimate of drug-likeness (QED) is 0.308. The molecule has 0 amide bonds. The Morgan fingerprint density at radius 1 is 1.20 bits per heavy atom. The second-order valence-corrected chi connectivity index (χ2v) is 6.38. The molecule has 0 bridgehead atoms. The van der Waals surface area contributed by atoms with Gasteiger partial charge in [0.2, 0.25) is 0 Å². The van der Waals surface area contributed by atoms with Crippen molar-refractivity contribution in [2.75, 3.05) is 0 Å². The van der Waals surface area contributed by atoms with E-state index in [4.69, 9.17) is 9.15 Å². The SMILES string of the molecule is O=C(C[C@@H]1C=CCC1)OCc1cc(=O)oc2ccc3ccccc3c12. The monoisotopic (exact) mass is 334 g/mol. The number of benzene rings is 2. The van der Waals surface area contributed by atoms with Crippen LogP contribution in [0, 0.1) is 5.92 Å². The lowest BCUT2D eigenvalue weighted by molar-refractivity contribution is -0.145. The molecule has 3 aromatic rings. The summed E-state index contributed by atoms with van der Waals surface area (Å²) in [4.78, 5) is 23.9. The zero-order valence-corrected chi connectivity index (χ0v) is 13.7. The number of ether oxygens (including phenoxy) is 1. The molecular weight excluding hydrogens is 316 g/mol. The van der Waals surface area contributed by atoms with Crippen LogP contribution in [0.25, 0.3) is 21.7 Å². The van der Waals surface area contributed by atoms with E-state index in [0.717, 1.165) is 29.0 Å². The highest BCUT2D eigenvalue weighted by atomic mass is 16.5. The van der Waals surface area contributed by atoms with Crippen molar-refractivity contribution in [2.45, 2.75) is 25.9 Å². The van der Waals surface area contributed by atoms with Crippen molar-refractivity contribution in [1.82, 2.24) is 0 Å². The van der Waals surface area contributed by atoms with Crippen LogP contribution < -0.4 is 5.63 Å². The molecule has 1 heterocycles. The second-order valence-electron chi connectivity index (χ2n) is 6.38. The van der Waals surface area contributed by atoms with Crippen LogP contribution in [0.3, 0.4) is 0 Å². The van der Waals surface area contributed by atoms with E-state index in [1.165, 1.54) is 6.07 Å². The molecular formula is C21H18O4. The average molecular weight is 334 g/mol. The minimum atomic E-state index is -0.437. The van der Waals surface area contributed by atoms with Gasteiger partial charge in [0.05, 0.1) is 6.42 Å². The van der Waals surface area contributed by atoms with Crippen LogP contribution in [-0.4, -0.2) is 5.97 Å². The number of fused-ring (bicyclic) bond motifs is 3. The van der Waals surface area contributed by atoms with Gasteiger partial charge < -0.3 is 9.15 Å². The first-order valence-corrected chi connectivity index (χ1v) is 8.47. The Morgan fingerprint density at radius 3 is 2.92 bits per heavy atom. The molecule has 0 fully saturated rings. The fraction of sp³-hybridized carbons (Fsp3) is 0.238. The summed E-state index contributed by atoms with van der Waals surface area (Å²) in [6, 6.07) is 13.0. The summed E-state index contributed by atoms with van der Waals surface area (Å²) >= 11 is 0. The largest absolute Gasteiger partial charge is 0.461 e. The summed E-state index contributed by atoms with van der Waals surface area (Å²) in [6.45, 7) is 0.0748. The fourth-order valence-electron chi connectivity index (χ4n) is 3.43. The highest BCUT2D eigenvalue weighted by Gasteiger charge is 2.16. The maximum atomic E-state index is 12.1. The van der Waals surface area contributed by atoms with Gasteiger partial charge in [-0.2, -0.15) is 0 Å². The molecule has 0 aliphatic heterocycles. The highest BCUT2D eigenvalue weighted by molar-refractivity contribution is 6.07. The van der Waals surface area contributed by atoms with E-state index in [1.807, 2.05) is 30.3 Å². The third-order valence-corrected chi connectivity index (χ3v) is 4.64. The van der Waals surface area contributed by atoms with E-state index in [2.05, 4.69) is 12.2 Å². The lowest BCUT2D eigenvalue weighted by Crippen LogP contribution is -2.10. The molecule has 0 unspecified atom stereocenters. The average Bonchev–Trinajstić information content (AvgIpc) is 3.12. The lowest BCUT2D eigenvalue weighted by atomic mass is 10.0. The predicted molar refractivity (Wildman–Crippen MR) is 96.3 cm³/mol.